The zero-order chi connectivity index (χ0) is 9.10. The van der Waals surface area contributed by atoms with E-state index in [4.69, 9.17) is 5.26 Å². The fraction of sp³-hybridized carbons (Fsp3) is 0.364. The molecule has 1 aliphatic heterocycles. The first kappa shape index (κ1) is 8.28. The Kier molecular flexibility index (Phi) is 2.29. The van der Waals surface area contributed by atoms with Crippen molar-refractivity contribution < 1.29 is 0 Å². The lowest BCUT2D eigenvalue weighted by molar-refractivity contribution is 0.381. The molecule has 1 heterocycles. The van der Waals surface area contributed by atoms with Crippen LogP contribution in [0.5, 0.6) is 0 Å². The van der Waals surface area contributed by atoms with Crippen molar-refractivity contribution in [3.63, 3.8) is 0 Å². The van der Waals surface area contributed by atoms with E-state index < -0.39 is 0 Å². The minimum Gasteiger partial charge on any atom is -0.310 e. The van der Waals surface area contributed by atoms with Crippen LogP contribution in [0.2, 0.25) is 0 Å². The summed E-state index contributed by atoms with van der Waals surface area (Å²) in [4.78, 5) is 0. The lowest BCUT2D eigenvalue weighted by Crippen LogP contribution is -2.35. The molecule has 1 fully saturated rings. The Morgan fingerprint density at radius 1 is 1.46 bits per heavy atom. The smallest absolute Gasteiger partial charge is 0.0669 e. The summed E-state index contributed by atoms with van der Waals surface area (Å²) in [6.45, 7) is 1.10. The zero-order valence-corrected chi connectivity index (χ0v) is 7.46. The molecule has 0 saturated carbocycles. The number of hydrogen-bond donors (Lipinski definition) is 1. The molecule has 0 amide bonds. The van der Waals surface area contributed by atoms with E-state index in [1.54, 1.807) is 0 Å². The third-order valence-electron chi connectivity index (χ3n) is 2.52. The van der Waals surface area contributed by atoms with Gasteiger partial charge in [0.1, 0.15) is 0 Å². The first-order valence-electron chi connectivity index (χ1n) is 4.60. The third-order valence-corrected chi connectivity index (χ3v) is 2.52. The molecule has 1 atom stereocenters. The van der Waals surface area contributed by atoms with E-state index in [0.717, 1.165) is 6.54 Å². The lowest BCUT2D eigenvalue weighted by atomic mass is 9.92. The summed E-state index contributed by atoms with van der Waals surface area (Å²) < 4.78 is 0. The van der Waals surface area contributed by atoms with Crippen molar-refractivity contribution in [1.29, 1.82) is 5.26 Å². The van der Waals surface area contributed by atoms with E-state index in [9.17, 15) is 0 Å². The molecule has 1 aliphatic rings. The van der Waals surface area contributed by atoms with Crippen LogP contribution in [0.15, 0.2) is 24.3 Å². The predicted octanol–water partition coefficient (Wildman–Crippen LogP) is 1.79. The van der Waals surface area contributed by atoms with Gasteiger partial charge in [-0.05, 0) is 24.1 Å². The molecule has 13 heavy (non-hydrogen) atoms. The van der Waals surface area contributed by atoms with Crippen LogP contribution in [-0.4, -0.2) is 6.54 Å². The van der Waals surface area contributed by atoms with Crippen molar-refractivity contribution in [3.05, 3.63) is 35.4 Å². The van der Waals surface area contributed by atoms with Crippen LogP contribution in [0, 0.1) is 11.3 Å². The molecule has 1 saturated heterocycles. The van der Waals surface area contributed by atoms with Crippen molar-refractivity contribution >= 4 is 0 Å². The Hall–Kier alpha value is -1.33. The number of rotatable bonds is 2. The van der Waals surface area contributed by atoms with Gasteiger partial charge < -0.3 is 5.32 Å². The van der Waals surface area contributed by atoms with Gasteiger partial charge in [0.25, 0.3) is 0 Å². The van der Waals surface area contributed by atoms with Crippen molar-refractivity contribution in [1.82, 2.24) is 5.32 Å². The first-order valence-corrected chi connectivity index (χ1v) is 4.60. The van der Waals surface area contributed by atoms with Crippen molar-refractivity contribution in [2.75, 3.05) is 6.54 Å². The second kappa shape index (κ2) is 3.59. The summed E-state index contributed by atoms with van der Waals surface area (Å²) >= 11 is 0. The normalized spacial score (nSPS) is 20.4. The van der Waals surface area contributed by atoms with Gasteiger partial charge in [0, 0.05) is 6.04 Å². The first-order chi connectivity index (χ1) is 6.42. The largest absolute Gasteiger partial charge is 0.310 e. The molecular weight excluding hydrogens is 160 g/mol. The third kappa shape index (κ3) is 1.56. The van der Waals surface area contributed by atoms with Crippen LogP contribution in [0.3, 0.4) is 0 Å². The summed E-state index contributed by atoms with van der Waals surface area (Å²) in [5.41, 5.74) is 2.47. The SMILES string of the molecule is N#CCc1ccccc1[C@H]1CCN1. The van der Waals surface area contributed by atoms with Gasteiger partial charge in [-0.25, -0.2) is 0 Å². The van der Waals surface area contributed by atoms with Gasteiger partial charge in [0.05, 0.1) is 12.5 Å². The van der Waals surface area contributed by atoms with E-state index >= 15 is 0 Å². The molecule has 2 heteroatoms. The van der Waals surface area contributed by atoms with E-state index in [1.807, 2.05) is 18.2 Å². The monoisotopic (exact) mass is 172 g/mol. The topological polar surface area (TPSA) is 35.8 Å². The summed E-state index contributed by atoms with van der Waals surface area (Å²) in [7, 11) is 0. The summed E-state index contributed by atoms with van der Waals surface area (Å²) in [5.74, 6) is 0. The predicted molar refractivity (Wildman–Crippen MR) is 51.1 cm³/mol. The average molecular weight is 172 g/mol. The Labute approximate surface area is 78.2 Å². The molecular formula is C11H12N2. The standard InChI is InChI=1S/C11H12N2/c12-7-5-9-3-1-2-4-10(9)11-6-8-13-11/h1-4,11,13H,5-6,8H2/t11-/m1/s1. The lowest BCUT2D eigenvalue weighted by Gasteiger charge is -2.29. The van der Waals surface area contributed by atoms with Gasteiger partial charge in [-0.15, -0.1) is 0 Å². The highest BCUT2D eigenvalue weighted by Gasteiger charge is 2.20. The van der Waals surface area contributed by atoms with Gasteiger partial charge in [-0.3, -0.25) is 0 Å². The molecule has 0 spiro atoms. The molecule has 0 aliphatic carbocycles. The van der Waals surface area contributed by atoms with E-state index in [1.165, 1.54) is 17.5 Å². The summed E-state index contributed by atoms with van der Waals surface area (Å²) in [6, 6.07) is 10.9. The summed E-state index contributed by atoms with van der Waals surface area (Å²) in [6.07, 6.45) is 1.72. The van der Waals surface area contributed by atoms with Crippen LogP contribution in [0.1, 0.15) is 23.6 Å². The molecule has 1 N–H and O–H groups in total. The number of nitrogens with zero attached hydrogens (tertiary/aromatic N) is 1. The molecule has 2 nitrogen and oxygen atoms in total. The van der Waals surface area contributed by atoms with Crippen molar-refractivity contribution in [3.8, 4) is 6.07 Å². The quantitative estimate of drug-likeness (QED) is 0.738. The number of benzene rings is 1. The number of hydrogen-bond acceptors (Lipinski definition) is 2. The van der Waals surface area contributed by atoms with Crippen LogP contribution in [0.25, 0.3) is 0 Å². The average Bonchev–Trinajstić information content (AvgIpc) is 2.05. The van der Waals surface area contributed by atoms with Crippen molar-refractivity contribution in [2.45, 2.75) is 18.9 Å². The van der Waals surface area contributed by atoms with Crippen LogP contribution >= 0.6 is 0 Å². The maximum atomic E-state index is 8.65. The minimum absolute atomic E-state index is 0.490. The Morgan fingerprint density at radius 2 is 2.23 bits per heavy atom. The summed E-state index contributed by atoms with van der Waals surface area (Å²) in [5, 5.41) is 12.0. The molecule has 0 aromatic heterocycles. The fourth-order valence-electron chi connectivity index (χ4n) is 1.67. The fourth-order valence-corrected chi connectivity index (χ4v) is 1.67. The van der Waals surface area contributed by atoms with E-state index in [2.05, 4.69) is 17.5 Å². The van der Waals surface area contributed by atoms with Gasteiger partial charge in [-0.2, -0.15) is 5.26 Å². The van der Waals surface area contributed by atoms with Crippen LogP contribution in [0.4, 0.5) is 0 Å². The number of nitrogens with one attached hydrogen (secondary N) is 1. The highest BCUT2D eigenvalue weighted by atomic mass is 15.0. The van der Waals surface area contributed by atoms with Gasteiger partial charge >= 0.3 is 0 Å². The molecule has 1 aromatic rings. The molecule has 2 rings (SSSR count). The molecule has 0 bridgehead atoms. The Balaban J connectivity index is 2.26. The van der Waals surface area contributed by atoms with Gasteiger partial charge in [0.2, 0.25) is 0 Å². The van der Waals surface area contributed by atoms with Crippen LogP contribution < -0.4 is 5.32 Å². The van der Waals surface area contributed by atoms with Gasteiger partial charge in [0.15, 0.2) is 0 Å². The Bertz CT molecular complexity index is 334. The zero-order valence-electron chi connectivity index (χ0n) is 7.46. The molecule has 0 unspecified atom stereocenters. The second-order valence-electron chi connectivity index (χ2n) is 3.33. The highest BCUT2D eigenvalue weighted by Crippen LogP contribution is 2.25. The second-order valence-corrected chi connectivity index (χ2v) is 3.33. The molecule has 1 aromatic carbocycles. The molecule has 66 valence electrons. The Morgan fingerprint density at radius 3 is 2.85 bits per heavy atom. The van der Waals surface area contributed by atoms with Crippen LogP contribution in [-0.2, 0) is 6.42 Å². The van der Waals surface area contributed by atoms with Crippen molar-refractivity contribution in [2.24, 2.45) is 0 Å². The van der Waals surface area contributed by atoms with E-state index in [-0.39, 0.29) is 0 Å². The maximum absolute atomic E-state index is 8.65. The number of nitriles is 1. The highest BCUT2D eigenvalue weighted by molar-refractivity contribution is 5.33. The molecule has 0 radical (unpaired) electrons. The van der Waals surface area contributed by atoms with E-state index in [0.29, 0.717) is 12.5 Å². The minimum atomic E-state index is 0.490. The van der Waals surface area contributed by atoms with Gasteiger partial charge in [-0.1, -0.05) is 24.3 Å². The maximum Gasteiger partial charge on any atom is 0.0669 e.